The van der Waals surface area contributed by atoms with Gasteiger partial charge in [0.2, 0.25) is 5.91 Å². The molecule has 8 heteroatoms. The third kappa shape index (κ3) is 20.7. The zero-order valence-electron chi connectivity index (χ0n) is 21.8. The molecular formula is C26H53NO6S. The van der Waals surface area contributed by atoms with E-state index >= 15 is 0 Å². The number of rotatable bonds is 24. The van der Waals surface area contributed by atoms with Gasteiger partial charge in [-0.05, 0) is 12.8 Å². The zero-order valence-corrected chi connectivity index (χ0v) is 22.7. The number of hydrogen-bond acceptors (Lipinski definition) is 5. The van der Waals surface area contributed by atoms with Gasteiger partial charge in [0.05, 0.1) is 17.9 Å². The Bertz CT molecular complexity index is 584. The van der Waals surface area contributed by atoms with E-state index in [1.165, 1.54) is 57.8 Å². The Hall–Kier alpha value is -0.700. The van der Waals surface area contributed by atoms with E-state index in [4.69, 9.17) is 0 Å². The number of aliphatic hydroxyl groups is 2. The van der Waals surface area contributed by atoms with Crippen LogP contribution in [0, 0.1) is 0 Å². The number of nitrogens with one attached hydrogen (secondary N) is 1. The van der Waals surface area contributed by atoms with Gasteiger partial charge >= 0.3 is 0 Å². The summed E-state index contributed by atoms with van der Waals surface area (Å²) in [5, 5.41) is 23.1. The van der Waals surface area contributed by atoms with Crippen LogP contribution in [0.15, 0.2) is 0 Å². The van der Waals surface area contributed by atoms with Crippen molar-refractivity contribution in [2.45, 2.75) is 154 Å². The second-order valence-corrected chi connectivity index (χ2v) is 11.3. The summed E-state index contributed by atoms with van der Waals surface area (Å²) in [5.41, 5.74) is 0. The van der Waals surface area contributed by atoms with Crippen molar-refractivity contribution in [3.05, 3.63) is 0 Å². The van der Waals surface area contributed by atoms with Crippen molar-refractivity contribution in [3.8, 4) is 0 Å². The van der Waals surface area contributed by atoms with Crippen molar-refractivity contribution in [3.63, 3.8) is 0 Å². The monoisotopic (exact) mass is 507 g/mol. The van der Waals surface area contributed by atoms with Crippen molar-refractivity contribution in [1.29, 1.82) is 0 Å². The molecular weight excluding hydrogens is 454 g/mol. The van der Waals surface area contributed by atoms with Gasteiger partial charge in [0.1, 0.15) is 6.10 Å². The van der Waals surface area contributed by atoms with Crippen molar-refractivity contribution in [2.75, 3.05) is 5.75 Å². The maximum atomic E-state index is 12.4. The molecule has 34 heavy (non-hydrogen) atoms. The van der Waals surface area contributed by atoms with Crippen LogP contribution in [0.3, 0.4) is 0 Å². The molecule has 0 radical (unpaired) electrons. The lowest BCUT2D eigenvalue weighted by Gasteiger charge is -2.24. The molecule has 4 N–H and O–H groups in total. The normalized spacial score (nSPS) is 14.6. The van der Waals surface area contributed by atoms with Crippen molar-refractivity contribution in [2.24, 2.45) is 0 Å². The molecule has 1 amide bonds. The predicted molar refractivity (Wildman–Crippen MR) is 139 cm³/mol. The van der Waals surface area contributed by atoms with Gasteiger partial charge in [-0.1, -0.05) is 123 Å². The number of carbonyl (C=O) groups excluding carboxylic acids is 1. The molecule has 3 atom stereocenters. The standard InChI is InChI=1S/C26H53NO6S/c1-3-5-7-9-11-13-15-17-19-21-25(29)26(30)27-23(22-34(31,32)33)24(28)20-18-16-14-12-10-8-6-4-2/h23-25,28-29H,3-22H2,1-2H3,(H,27,30)(H,31,32,33). The summed E-state index contributed by atoms with van der Waals surface area (Å²) in [7, 11) is -4.38. The van der Waals surface area contributed by atoms with Gasteiger partial charge in [0.15, 0.2) is 0 Å². The molecule has 0 heterocycles. The third-order valence-corrected chi connectivity index (χ3v) is 7.20. The number of carbonyl (C=O) groups is 1. The average Bonchev–Trinajstić information content (AvgIpc) is 2.78. The summed E-state index contributed by atoms with van der Waals surface area (Å²) in [6.45, 7) is 4.38. The lowest BCUT2D eigenvalue weighted by molar-refractivity contribution is -0.131. The Morgan fingerprint density at radius 1 is 0.676 bits per heavy atom. The fourth-order valence-corrected chi connectivity index (χ4v) is 4.98. The summed E-state index contributed by atoms with van der Waals surface area (Å²) in [6.07, 6.45) is 17.2. The lowest BCUT2D eigenvalue weighted by atomic mass is 10.0. The molecule has 0 aromatic rings. The Kier molecular flexibility index (Phi) is 21.1. The highest BCUT2D eigenvalue weighted by atomic mass is 32.2. The minimum Gasteiger partial charge on any atom is -0.391 e. The van der Waals surface area contributed by atoms with Crippen LogP contribution in [0.1, 0.15) is 136 Å². The minimum atomic E-state index is -4.38. The molecule has 0 bridgehead atoms. The molecule has 0 aromatic carbocycles. The van der Waals surface area contributed by atoms with Crippen LogP contribution in [-0.2, 0) is 14.9 Å². The van der Waals surface area contributed by atoms with E-state index in [0.29, 0.717) is 25.7 Å². The van der Waals surface area contributed by atoms with E-state index < -0.39 is 40.0 Å². The predicted octanol–water partition coefficient (Wildman–Crippen LogP) is 5.53. The first-order chi connectivity index (χ1) is 16.2. The van der Waals surface area contributed by atoms with Crippen molar-refractivity contribution >= 4 is 16.0 Å². The van der Waals surface area contributed by atoms with Crippen LogP contribution in [-0.4, -0.2) is 53.1 Å². The highest BCUT2D eigenvalue weighted by molar-refractivity contribution is 7.85. The minimum absolute atomic E-state index is 0.300. The molecule has 0 saturated heterocycles. The molecule has 0 aliphatic heterocycles. The first-order valence-corrected chi connectivity index (χ1v) is 15.4. The maximum absolute atomic E-state index is 12.4. The number of amides is 1. The quantitative estimate of drug-likeness (QED) is 0.101. The van der Waals surface area contributed by atoms with E-state index in [0.717, 1.165) is 38.5 Å². The van der Waals surface area contributed by atoms with Crippen LogP contribution >= 0.6 is 0 Å². The summed E-state index contributed by atoms with van der Waals surface area (Å²) in [6, 6.07) is -1.13. The fraction of sp³-hybridized carbons (Fsp3) is 0.962. The maximum Gasteiger partial charge on any atom is 0.266 e. The van der Waals surface area contributed by atoms with Gasteiger partial charge in [-0.15, -0.1) is 0 Å². The summed E-state index contributed by atoms with van der Waals surface area (Å²) in [4.78, 5) is 12.4. The smallest absolute Gasteiger partial charge is 0.266 e. The van der Waals surface area contributed by atoms with E-state index in [9.17, 15) is 28.0 Å². The topological polar surface area (TPSA) is 124 Å². The fourth-order valence-electron chi connectivity index (χ4n) is 4.22. The van der Waals surface area contributed by atoms with Crippen LogP contribution in [0.4, 0.5) is 0 Å². The molecule has 0 rings (SSSR count). The summed E-state index contributed by atoms with van der Waals surface area (Å²) >= 11 is 0. The van der Waals surface area contributed by atoms with E-state index in [2.05, 4.69) is 19.2 Å². The molecule has 0 aliphatic carbocycles. The Morgan fingerprint density at radius 3 is 1.47 bits per heavy atom. The summed E-state index contributed by atoms with van der Waals surface area (Å²) < 4.78 is 32.0. The van der Waals surface area contributed by atoms with Gasteiger partial charge in [0, 0.05) is 0 Å². The first kappa shape index (κ1) is 33.3. The van der Waals surface area contributed by atoms with Crippen LogP contribution < -0.4 is 5.32 Å². The summed E-state index contributed by atoms with van der Waals surface area (Å²) in [5.74, 6) is -1.45. The molecule has 0 aromatic heterocycles. The molecule has 0 spiro atoms. The van der Waals surface area contributed by atoms with Crippen molar-refractivity contribution < 1.29 is 28.0 Å². The highest BCUT2D eigenvalue weighted by Crippen LogP contribution is 2.14. The molecule has 0 fully saturated rings. The zero-order chi connectivity index (χ0) is 25.7. The van der Waals surface area contributed by atoms with Crippen molar-refractivity contribution in [1.82, 2.24) is 5.32 Å². The second kappa shape index (κ2) is 21.6. The molecule has 0 aliphatic rings. The average molecular weight is 508 g/mol. The van der Waals surface area contributed by atoms with Crippen LogP contribution in [0.2, 0.25) is 0 Å². The molecule has 3 unspecified atom stereocenters. The first-order valence-electron chi connectivity index (χ1n) is 13.8. The van der Waals surface area contributed by atoms with Crippen LogP contribution in [0.5, 0.6) is 0 Å². The van der Waals surface area contributed by atoms with Gasteiger partial charge in [0.25, 0.3) is 10.1 Å². The Morgan fingerprint density at radius 2 is 1.06 bits per heavy atom. The van der Waals surface area contributed by atoms with Gasteiger partial charge in [-0.2, -0.15) is 8.42 Å². The molecule has 7 nitrogen and oxygen atoms in total. The molecule has 204 valence electrons. The second-order valence-electron chi connectivity index (χ2n) is 9.83. The number of aliphatic hydroxyl groups excluding tert-OH is 2. The van der Waals surface area contributed by atoms with E-state index in [1.54, 1.807) is 0 Å². The SMILES string of the molecule is CCCCCCCCCCCC(O)C(=O)NC(CS(=O)(=O)O)C(O)CCCCCCCCCC. The van der Waals surface area contributed by atoms with Gasteiger partial charge in [-0.25, -0.2) is 0 Å². The molecule has 0 saturated carbocycles. The lowest BCUT2D eigenvalue weighted by Crippen LogP contribution is -2.50. The largest absolute Gasteiger partial charge is 0.391 e. The third-order valence-electron chi connectivity index (χ3n) is 6.42. The Balaban J connectivity index is 4.26. The van der Waals surface area contributed by atoms with E-state index in [-0.39, 0.29) is 0 Å². The van der Waals surface area contributed by atoms with E-state index in [1.807, 2.05) is 0 Å². The Labute approximate surface area is 209 Å². The number of unbranched alkanes of at least 4 members (excludes halogenated alkanes) is 15. The van der Waals surface area contributed by atoms with Crippen LogP contribution in [0.25, 0.3) is 0 Å². The highest BCUT2D eigenvalue weighted by Gasteiger charge is 2.28. The van der Waals surface area contributed by atoms with Gasteiger partial charge < -0.3 is 15.5 Å². The number of hydrogen-bond donors (Lipinski definition) is 4. The van der Waals surface area contributed by atoms with Gasteiger partial charge in [-0.3, -0.25) is 9.35 Å².